The second-order valence-electron chi connectivity index (χ2n) is 6.67. The van der Waals surface area contributed by atoms with Crippen molar-refractivity contribution in [2.75, 3.05) is 12.4 Å². The number of hydrogen-bond donors (Lipinski definition) is 2. The van der Waals surface area contributed by atoms with Crippen LogP contribution in [-0.2, 0) is 4.74 Å². The van der Waals surface area contributed by atoms with Gasteiger partial charge < -0.3 is 19.9 Å². The number of nitrogens with one attached hydrogen (secondary N) is 1. The van der Waals surface area contributed by atoms with Gasteiger partial charge in [-0.2, -0.15) is 5.26 Å². The van der Waals surface area contributed by atoms with E-state index in [2.05, 4.69) is 11.4 Å². The van der Waals surface area contributed by atoms with Crippen molar-refractivity contribution in [2.45, 2.75) is 31.6 Å². The number of ether oxygens (including phenoxy) is 2. The normalized spacial score (nSPS) is 20.3. The highest BCUT2D eigenvalue weighted by molar-refractivity contribution is 5.95. The van der Waals surface area contributed by atoms with Crippen LogP contribution >= 0.6 is 0 Å². The van der Waals surface area contributed by atoms with Crippen LogP contribution in [0.5, 0.6) is 5.75 Å². The molecule has 2 N–H and O–H groups in total. The lowest BCUT2D eigenvalue weighted by atomic mass is 9.85. The number of anilines is 1. The Morgan fingerprint density at radius 2 is 2.04 bits per heavy atom. The standard InChI is InChI=1S/C20H20N2O4/c1-20(2)18(23)17(14-10-12(11-21)8-9-16(14)26-20)22-15-7-5-4-6-13(15)19(24)25-3/h4-10,17-18,22-23H,1-3H3/t17-,18+/m1/s1. The van der Waals surface area contributed by atoms with E-state index in [1.54, 1.807) is 56.3 Å². The highest BCUT2D eigenvalue weighted by atomic mass is 16.5. The molecule has 3 rings (SSSR count). The number of hydrogen-bond acceptors (Lipinski definition) is 6. The van der Waals surface area contributed by atoms with E-state index < -0.39 is 23.7 Å². The number of benzene rings is 2. The molecule has 0 aliphatic carbocycles. The molecule has 6 nitrogen and oxygen atoms in total. The van der Waals surface area contributed by atoms with Crippen LogP contribution in [0.25, 0.3) is 0 Å². The maximum atomic E-state index is 12.0. The van der Waals surface area contributed by atoms with Gasteiger partial charge in [-0.1, -0.05) is 12.1 Å². The van der Waals surface area contributed by atoms with Gasteiger partial charge in [0, 0.05) is 11.3 Å². The molecule has 0 saturated heterocycles. The fourth-order valence-electron chi connectivity index (χ4n) is 3.09. The van der Waals surface area contributed by atoms with Crippen molar-refractivity contribution >= 4 is 11.7 Å². The first-order valence-electron chi connectivity index (χ1n) is 8.22. The lowest BCUT2D eigenvalue weighted by molar-refractivity contribution is -0.0532. The number of esters is 1. The van der Waals surface area contributed by atoms with Crippen LogP contribution in [-0.4, -0.2) is 29.9 Å². The Bertz CT molecular complexity index is 886. The number of carbonyl (C=O) groups excluding carboxylic acids is 1. The third kappa shape index (κ3) is 3.09. The number of para-hydroxylation sites is 1. The fourth-order valence-corrected chi connectivity index (χ4v) is 3.09. The monoisotopic (exact) mass is 352 g/mol. The third-order valence-corrected chi connectivity index (χ3v) is 4.52. The van der Waals surface area contributed by atoms with Crippen LogP contribution in [0.15, 0.2) is 42.5 Å². The molecule has 0 fully saturated rings. The van der Waals surface area contributed by atoms with Gasteiger partial charge in [-0.3, -0.25) is 0 Å². The average molecular weight is 352 g/mol. The zero-order chi connectivity index (χ0) is 18.9. The van der Waals surface area contributed by atoms with E-state index in [0.29, 0.717) is 28.1 Å². The van der Waals surface area contributed by atoms with E-state index >= 15 is 0 Å². The first kappa shape index (κ1) is 17.8. The van der Waals surface area contributed by atoms with Crippen LogP contribution in [0.2, 0.25) is 0 Å². The van der Waals surface area contributed by atoms with Crippen molar-refractivity contribution in [1.29, 1.82) is 5.26 Å². The molecule has 1 aliphatic rings. The SMILES string of the molecule is COC(=O)c1ccccc1N[C@@H]1c2cc(C#N)ccc2OC(C)(C)[C@H]1O. The largest absolute Gasteiger partial charge is 0.485 e. The summed E-state index contributed by atoms with van der Waals surface area (Å²) in [6.07, 6.45) is -0.908. The van der Waals surface area contributed by atoms with Crippen LogP contribution in [0.3, 0.4) is 0 Å². The van der Waals surface area contributed by atoms with Gasteiger partial charge in [0.15, 0.2) is 0 Å². The van der Waals surface area contributed by atoms with Crippen molar-refractivity contribution in [3.05, 3.63) is 59.2 Å². The molecular formula is C20H20N2O4. The minimum absolute atomic E-state index is 0.365. The Morgan fingerprint density at radius 3 is 2.73 bits per heavy atom. The summed E-state index contributed by atoms with van der Waals surface area (Å²) in [7, 11) is 1.32. The quantitative estimate of drug-likeness (QED) is 0.825. The molecular weight excluding hydrogens is 332 g/mol. The lowest BCUT2D eigenvalue weighted by Crippen LogP contribution is -2.50. The number of fused-ring (bicyclic) bond motifs is 1. The first-order chi connectivity index (χ1) is 12.4. The molecule has 0 unspecified atom stereocenters. The van der Waals surface area contributed by atoms with Gasteiger partial charge in [0.2, 0.25) is 0 Å². The molecule has 2 aromatic carbocycles. The van der Waals surface area contributed by atoms with Crippen molar-refractivity contribution in [2.24, 2.45) is 0 Å². The summed E-state index contributed by atoms with van der Waals surface area (Å²) in [5.74, 6) is 0.118. The first-order valence-corrected chi connectivity index (χ1v) is 8.22. The van der Waals surface area contributed by atoms with E-state index in [4.69, 9.17) is 9.47 Å². The van der Waals surface area contributed by atoms with Crippen LogP contribution in [0.1, 0.15) is 41.4 Å². The summed E-state index contributed by atoms with van der Waals surface area (Å²) < 4.78 is 10.7. The van der Waals surface area contributed by atoms with E-state index in [-0.39, 0.29) is 0 Å². The van der Waals surface area contributed by atoms with Crippen molar-refractivity contribution in [3.63, 3.8) is 0 Å². The van der Waals surface area contributed by atoms with Gasteiger partial charge in [-0.25, -0.2) is 4.79 Å². The van der Waals surface area contributed by atoms with Crippen LogP contribution < -0.4 is 10.1 Å². The summed E-state index contributed by atoms with van der Waals surface area (Å²) in [6, 6.07) is 13.5. The van der Waals surface area contributed by atoms with Gasteiger partial charge in [0.1, 0.15) is 17.5 Å². The van der Waals surface area contributed by atoms with E-state index in [9.17, 15) is 15.2 Å². The summed E-state index contributed by atoms with van der Waals surface area (Å²) in [6.45, 7) is 3.58. The molecule has 0 radical (unpaired) electrons. The molecule has 0 bridgehead atoms. The van der Waals surface area contributed by atoms with Crippen molar-refractivity contribution < 1.29 is 19.4 Å². The predicted octanol–water partition coefficient (Wildman–Crippen LogP) is 3.03. The van der Waals surface area contributed by atoms with Crippen LogP contribution in [0.4, 0.5) is 5.69 Å². The molecule has 26 heavy (non-hydrogen) atoms. The van der Waals surface area contributed by atoms with Gasteiger partial charge in [0.05, 0.1) is 30.3 Å². The van der Waals surface area contributed by atoms with Gasteiger partial charge in [0.25, 0.3) is 0 Å². The highest BCUT2D eigenvalue weighted by Crippen LogP contribution is 2.42. The molecule has 0 aromatic heterocycles. The summed E-state index contributed by atoms with van der Waals surface area (Å²) in [5, 5.41) is 23.3. The Morgan fingerprint density at radius 1 is 1.31 bits per heavy atom. The summed E-state index contributed by atoms with van der Waals surface area (Å²) in [4.78, 5) is 12.0. The van der Waals surface area contributed by atoms with Crippen LogP contribution in [0, 0.1) is 11.3 Å². The molecule has 134 valence electrons. The topological polar surface area (TPSA) is 91.6 Å². The Labute approximate surface area is 152 Å². The number of aliphatic hydroxyl groups is 1. The third-order valence-electron chi connectivity index (χ3n) is 4.52. The zero-order valence-electron chi connectivity index (χ0n) is 14.8. The number of rotatable bonds is 3. The Balaban J connectivity index is 2.07. The molecule has 6 heteroatoms. The molecule has 2 aromatic rings. The molecule has 2 atom stereocenters. The molecule has 1 aliphatic heterocycles. The highest BCUT2D eigenvalue weighted by Gasteiger charge is 2.43. The number of carbonyl (C=O) groups is 1. The molecule has 0 spiro atoms. The molecule has 1 heterocycles. The predicted molar refractivity (Wildman–Crippen MR) is 96.0 cm³/mol. The summed E-state index contributed by atoms with van der Waals surface area (Å²) >= 11 is 0. The van der Waals surface area contributed by atoms with E-state index in [1.165, 1.54) is 7.11 Å². The lowest BCUT2D eigenvalue weighted by Gasteiger charge is -2.42. The maximum Gasteiger partial charge on any atom is 0.339 e. The van der Waals surface area contributed by atoms with E-state index in [0.717, 1.165) is 0 Å². The number of nitriles is 1. The van der Waals surface area contributed by atoms with Gasteiger partial charge >= 0.3 is 5.97 Å². The van der Waals surface area contributed by atoms with Gasteiger partial charge in [-0.05, 0) is 44.2 Å². The number of nitrogens with zero attached hydrogens (tertiary/aromatic N) is 1. The minimum atomic E-state index is -0.908. The number of aliphatic hydroxyl groups excluding tert-OH is 1. The maximum absolute atomic E-state index is 12.0. The zero-order valence-corrected chi connectivity index (χ0v) is 14.8. The Kier molecular flexibility index (Phi) is 4.58. The average Bonchev–Trinajstić information content (AvgIpc) is 2.64. The minimum Gasteiger partial charge on any atom is -0.485 e. The summed E-state index contributed by atoms with van der Waals surface area (Å²) in [5.41, 5.74) is 1.18. The van der Waals surface area contributed by atoms with Gasteiger partial charge in [-0.15, -0.1) is 0 Å². The second-order valence-corrected chi connectivity index (χ2v) is 6.67. The van der Waals surface area contributed by atoms with Crippen molar-refractivity contribution in [1.82, 2.24) is 0 Å². The smallest absolute Gasteiger partial charge is 0.339 e. The molecule has 0 amide bonds. The molecule has 0 saturated carbocycles. The second kappa shape index (κ2) is 6.70. The van der Waals surface area contributed by atoms with Crippen molar-refractivity contribution in [3.8, 4) is 11.8 Å². The number of methoxy groups -OCH3 is 1. The van der Waals surface area contributed by atoms with E-state index in [1.807, 2.05) is 0 Å². The Hall–Kier alpha value is -3.04. The fraction of sp³-hybridized carbons (Fsp3) is 0.300.